The maximum atomic E-state index is 12.3. The van der Waals surface area contributed by atoms with Crippen molar-refractivity contribution in [2.45, 2.75) is 13.0 Å². The molecule has 2 rings (SSSR count). The number of hydrogen-bond donors (Lipinski definition) is 1. The summed E-state index contributed by atoms with van der Waals surface area (Å²) in [6.07, 6.45) is 3.13. The van der Waals surface area contributed by atoms with Crippen LogP contribution in [0.5, 0.6) is 0 Å². The first-order chi connectivity index (χ1) is 10.0. The van der Waals surface area contributed by atoms with E-state index in [1.54, 1.807) is 12.1 Å². The van der Waals surface area contributed by atoms with E-state index in [-0.39, 0.29) is 19.1 Å². The van der Waals surface area contributed by atoms with Gasteiger partial charge in [0.15, 0.2) is 0 Å². The lowest BCUT2D eigenvalue weighted by Gasteiger charge is -2.28. The zero-order valence-corrected chi connectivity index (χ0v) is 13.1. The van der Waals surface area contributed by atoms with Gasteiger partial charge in [0.25, 0.3) is 0 Å². The molecule has 2 heterocycles. The van der Waals surface area contributed by atoms with E-state index in [9.17, 15) is 14.7 Å². The van der Waals surface area contributed by atoms with Crippen LogP contribution in [0, 0.1) is 5.92 Å². The Labute approximate surface area is 131 Å². The topological polar surface area (TPSA) is 66.8 Å². The molecule has 0 spiro atoms. The molecule has 0 aromatic carbocycles. The van der Waals surface area contributed by atoms with Crippen molar-refractivity contribution in [3.8, 4) is 0 Å². The molecule has 7 heteroatoms. The maximum absolute atomic E-state index is 12.3. The number of nitrogens with zero attached hydrogens (tertiary/aromatic N) is 1. The highest BCUT2D eigenvalue weighted by Gasteiger charge is 2.38. The molecule has 1 N–H and O–H groups in total. The second-order valence-corrected chi connectivity index (χ2v) is 6.40. The zero-order chi connectivity index (χ0) is 15.4. The molecule has 1 fully saturated rings. The third kappa shape index (κ3) is 3.84. The lowest BCUT2D eigenvalue weighted by molar-refractivity contribution is -0.144. The van der Waals surface area contributed by atoms with Crippen LogP contribution in [0.25, 0.3) is 6.08 Å². The number of carboxylic acid groups (broad SMARTS) is 1. The Balaban J connectivity index is 2.08. The van der Waals surface area contributed by atoms with E-state index in [0.29, 0.717) is 10.9 Å². The summed E-state index contributed by atoms with van der Waals surface area (Å²) in [6.45, 7) is 2.67. The zero-order valence-electron chi connectivity index (χ0n) is 11.5. The summed E-state index contributed by atoms with van der Waals surface area (Å²) < 4.78 is 5.87. The first-order valence-corrected chi connectivity index (χ1v) is 7.77. The van der Waals surface area contributed by atoms with Crippen molar-refractivity contribution in [3.63, 3.8) is 0 Å². The molecule has 114 valence electrons. The standard InChI is InChI=1S/C14H16ClNO4S/c1-2-16(11-8-20-7-10(11)14(18)19)13(17)6-4-9-3-5-12(15)21-9/h3-6,10-11H,2,7-8H2,1H3,(H,18,19). The van der Waals surface area contributed by atoms with Gasteiger partial charge in [-0.2, -0.15) is 0 Å². The van der Waals surface area contributed by atoms with Crippen molar-refractivity contribution in [2.24, 2.45) is 5.92 Å². The predicted molar refractivity (Wildman–Crippen MR) is 81.5 cm³/mol. The van der Waals surface area contributed by atoms with E-state index < -0.39 is 17.9 Å². The minimum absolute atomic E-state index is 0.147. The minimum Gasteiger partial charge on any atom is -0.481 e. The van der Waals surface area contributed by atoms with Crippen LogP contribution in [0.1, 0.15) is 11.8 Å². The van der Waals surface area contributed by atoms with Crippen LogP contribution in [0.2, 0.25) is 4.34 Å². The Morgan fingerprint density at radius 2 is 2.29 bits per heavy atom. The van der Waals surface area contributed by atoms with Gasteiger partial charge in [-0.15, -0.1) is 11.3 Å². The number of ether oxygens (including phenoxy) is 1. The number of carbonyl (C=O) groups excluding carboxylic acids is 1. The third-order valence-electron chi connectivity index (χ3n) is 3.38. The van der Waals surface area contributed by atoms with Crippen LogP contribution in [0.3, 0.4) is 0 Å². The smallest absolute Gasteiger partial charge is 0.311 e. The van der Waals surface area contributed by atoms with Gasteiger partial charge in [0.2, 0.25) is 5.91 Å². The van der Waals surface area contributed by atoms with Crippen molar-refractivity contribution in [2.75, 3.05) is 19.8 Å². The molecule has 1 aromatic rings. The number of rotatable bonds is 5. The number of halogens is 1. The lowest BCUT2D eigenvalue weighted by Crippen LogP contribution is -2.45. The van der Waals surface area contributed by atoms with Crippen molar-refractivity contribution < 1.29 is 19.4 Å². The summed E-state index contributed by atoms with van der Waals surface area (Å²) in [5.41, 5.74) is 0. The van der Waals surface area contributed by atoms with E-state index in [2.05, 4.69) is 0 Å². The Morgan fingerprint density at radius 3 is 2.86 bits per heavy atom. The molecular weight excluding hydrogens is 314 g/mol. The fourth-order valence-corrected chi connectivity index (χ4v) is 3.27. The molecule has 1 aliphatic rings. The van der Waals surface area contributed by atoms with Gasteiger partial charge in [0, 0.05) is 17.5 Å². The van der Waals surface area contributed by atoms with E-state index in [1.165, 1.54) is 22.3 Å². The molecule has 2 unspecified atom stereocenters. The van der Waals surface area contributed by atoms with Gasteiger partial charge in [-0.25, -0.2) is 0 Å². The van der Waals surface area contributed by atoms with E-state index >= 15 is 0 Å². The molecule has 0 aliphatic carbocycles. The molecule has 2 atom stereocenters. The number of amides is 1. The molecule has 1 saturated heterocycles. The van der Waals surface area contributed by atoms with Crippen LogP contribution in [0.4, 0.5) is 0 Å². The molecule has 1 aliphatic heterocycles. The number of hydrogen-bond acceptors (Lipinski definition) is 4. The summed E-state index contributed by atoms with van der Waals surface area (Å²) in [5.74, 6) is -1.82. The molecular formula is C14H16ClNO4S. The maximum Gasteiger partial charge on any atom is 0.311 e. The highest BCUT2D eigenvalue weighted by Crippen LogP contribution is 2.23. The van der Waals surface area contributed by atoms with Crippen LogP contribution < -0.4 is 0 Å². The quantitative estimate of drug-likeness (QED) is 0.842. The average molecular weight is 330 g/mol. The number of carbonyl (C=O) groups is 2. The fourth-order valence-electron chi connectivity index (χ4n) is 2.31. The normalized spacial score (nSPS) is 21.8. The van der Waals surface area contributed by atoms with Crippen LogP contribution in [0.15, 0.2) is 18.2 Å². The molecule has 5 nitrogen and oxygen atoms in total. The van der Waals surface area contributed by atoms with Crippen molar-refractivity contribution >= 4 is 40.9 Å². The second kappa shape index (κ2) is 7.06. The first kappa shape index (κ1) is 16.0. The Hall–Kier alpha value is -1.37. The van der Waals surface area contributed by atoms with Gasteiger partial charge >= 0.3 is 5.97 Å². The van der Waals surface area contributed by atoms with E-state index in [0.717, 1.165) is 4.88 Å². The van der Waals surface area contributed by atoms with Crippen LogP contribution in [-0.2, 0) is 14.3 Å². The third-order valence-corrected chi connectivity index (χ3v) is 4.57. The van der Waals surface area contributed by atoms with Crippen molar-refractivity contribution in [1.29, 1.82) is 0 Å². The summed E-state index contributed by atoms with van der Waals surface area (Å²) in [4.78, 5) is 25.9. The van der Waals surface area contributed by atoms with Crippen molar-refractivity contribution in [1.82, 2.24) is 4.90 Å². The van der Waals surface area contributed by atoms with Gasteiger partial charge in [0.05, 0.1) is 23.6 Å². The highest BCUT2D eigenvalue weighted by molar-refractivity contribution is 7.17. The molecule has 0 radical (unpaired) electrons. The predicted octanol–water partition coefficient (Wildman–Crippen LogP) is 2.36. The summed E-state index contributed by atoms with van der Waals surface area (Å²) in [6, 6.07) is 3.17. The van der Waals surface area contributed by atoms with E-state index in [4.69, 9.17) is 16.3 Å². The molecule has 1 amide bonds. The molecule has 0 bridgehead atoms. The van der Waals surface area contributed by atoms with E-state index in [1.807, 2.05) is 13.0 Å². The van der Waals surface area contributed by atoms with Gasteiger partial charge < -0.3 is 14.7 Å². The van der Waals surface area contributed by atoms with Gasteiger partial charge in [-0.1, -0.05) is 11.6 Å². The van der Waals surface area contributed by atoms with Crippen molar-refractivity contribution in [3.05, 3.63) is 27.4 Å². The molecule has 21 heavy (non-hydrogen) atoms. The average Bonchev–Trinajstić information content (AvgIpc) is 3.06. The van der Waals surface area contributed by atoms with Gasteiger partial charge in [-0.05, 0) is 25.1 Å². The first-order valence-electron chi connectivity index (χ1n) is 6.57. The SMILES string of the molecule is CCN(C(=O)C=Cc1ccc(Cl)s1)C1COCC1C(=O)O. The minimum atomic E-state index is -0.933. The fraction of sp³-hybridized carbons (Fsp3) is 0.429. The summed E-state index contributed by atoms with van der Waals surface area (Å²) in [5, 5.41) is 9.17. The van der Waals surface area contributed by atoms with Gasteiger partial charge in [0.1, 0.15) is 5.92 Å². The number of carboxylic acids is 1. The number of likely N-dealkylation sites (N-methyl/N-ethyl adjacent to an activating group) is 1. The highest BCUT2D eigenvalue weighted by atomic mass is 35.5. The monoisotopic (exact) mass is 329 g/mol. The Kier molecular flexibility index (Phi) is 5.39. The molecule has 0 saturated carbocycles. The molecule has 1 aromatic heterocycles. The number of thiophene rings is 1. The number of aliphatic carboxylic acids is 1. The Morgan fingerprint density at radius 1 is 1.52 bits per heavy atom. The lowest BCUT2D eigenvalue weighted by atomic mass is 10.0. The van der Waals surface area contributed by atoms with Gasteiger partial charge in [-0.3, -0.25) is 9.59 Å². The van der Waals surface area contributed by atoms with Crippen LogP contribution in [-0.4, -0.2) is 47.7 Å². The largest absolute Gasteiger partial charge is 0.481 e. The summed E-state index contributed by atoms with van der Waals surface area (Å²) >= 11 is 7.21. The Bertz CT molecular complexity index is 557. The summed E-state index contributed by atoms with van der Waals surface area (Å²) in [7, 11) is 0. The van der Waals surface area contributed by atoms with Crippen LogP contribution >= 0.6 is 22.9 Å². The second-order valence-electron chi connectivity index (χ2n) is 4.65.